The minimum atomic E-state index is -0.742. The van der Waals surface area contributed by atoms with Gasteiger partial charge in [0, 0.05) is 0 Å². The summed E-state index contributed by atoms with van der Waals surface area (Å²) in [5.74, 6) is 1.23. The van der Waals surface area contributed by atoms with Crippen LogP contribution in [0.3, 0.4) is 0 Å². The highest BCUT2D eigenvalue weighted by Gasteiger charge is 2.14. The molecule has 0 saturated heterocycles. The van der Waals surface area contributed by atoms with Gasteiger partial charge in [0.25, 0.3) is 0 Å². The second-order valence-electron chi connectivity index (χ2n) is 2.43. The first-order valence-electron chi connectivity index (χ1n) is 4.26. The number of rotatable bonds is 7. The summed E-state index contributed by atoms with van der Waals surface area (Å²) in [7, 11) is 0. The minimum Gasteiger partial charge on any atom is -0.480 e. The van der Waals surface area contributed by atoms with Crippen molar-refractivity contribution < 1.29 is 9.90 Å². The van der Waals surface area contributed by atoms with E-state index in [1.807, 2.05) is 6.92 Å². The van der Waals surface area contributed by atoms with Crippen molar-refractivity contribution in [2.75, 3.05) is 18.1 Å². The van der Waals surface area contributed by atoms with Crippen molar-refractivity contribution in [1.29, 1.82) is 0 Å². The van der Waals surface area contributed by atoms with Crippen LogP contribution in [-0.2, 0) is 4.79 Å². The van der Waals surface area contributed by atoms with Gasteiger partial charge in [0.05, 0.1) is 0 Å². The Labute approximate surface area is 77.9 Å². The van der Waals surface area contributed by atoms with E-state index in [0.717, 1.165) is 11.5 Å². The van der Waals surface area contributed by atoms with Gasteiger partial charge in [-0.2, -0.15) is 11.8 Å². The molecule has 4 heteroatoms. The van der Waals surface area contributed by atoms with Crippen LogP contribution in [0.5, 0.6) is 0 Å². The minimum absolute atomic E-state index is 0.367. The number of aliphatic carboxylic acids is 1. The van der Waals surface area contributed by atoms with Gasteiger partial charge in [-0.05, 0) is 24.5 Å². The van der Waals surface area contributed by atoms with E-state index in [1.54, 1.807) is 11.8 Å². The van der Waals surface area contributed by atoms with E-state index in [2.05, 4.69) is 12.2 Å². The van der Waals surface area contributed by atoms with Gasteiger partial charge in [-0.1, -0.05) is 13.8 Å². The molecule has 0 heterocycles. The molecule has 2 N–H and O–H groups in total. The van der Waals surface area contributed by atoms with Crippen molar-refractivity contribution in [2.24, 2.45) is 0 Å². The molecule has 0 aromatic carbocycles. The van der Waals surface area contributed by atoms with E-state index in [1.165, 1.54) is 0 Å². The van der Waals surface area contributed by atoms with Crippen molar-refractivity contribution in [2.45, 2.75) is 26.3 Å². The number of carbonyl (C=O) groups is 1. The number of hydrogen-bond acceptors (Lipinski definition) is 3. The van der Waals surface area contributed by atoms with Gasteiger partial charge < -0.3 is 10.4 Å². The van der Waals surface area contributed by atoms with Gasteiger partial charge in [-0.15, -0.1) is 0 Å². The third kappa shape index (κ3) is 5.43. The molecule has 0 aliphatic rings. The van der Waals surface area contributed by atoms with E-state index in [9.17, 15) is 4.79 Å². The summed E-state index contributed by atoms with van der Waals surface area (Å²) in [5, 5.41) is 11.7. The Morgan fingerprint density at radius 3 is 2.67 bits per heavy atom. The van der Waals surface area contributed by atoms with E-state index >= 15 is 0 Å². The van der Waals surface area contributed by atoms with Gasteiger partial charge in [-0.25, -0.2) is 0 Å². The highest BCUT2D eigenvalue weighted by molar-refractivity contribution is 7.99. The van der Waals surface area contributed by atoms with Crippen LogP contribution in [0.1, 0.15) is 20.3 Å². The fraction of sp³-hybridized carbons (Fsp3) is 0.875. The fourth-order valence-corrected chi connectivity index (χ4v) is 1.60. The molecule has 0 amide bonds. The second-order valence-corrected chi connectivity index (χ2v) is 3.83. The van der Waals surface area contributed by atoms with Crippen LogP contribution in [0.25, 0.3) is 0 Å². The molecule has 0 aromatic rings. The Balaban J connectivity index is 3.56. The lowest BCUT2D eigenvalue weighted by molar-refractivity contribution is -0.139. The molecule has 3 nitrogen and oxygen atoms in total. The van der Waals surface area contributed by atoms with Crippen molar-refractivity contribution in [1.82, 2.24) is 5.32 Å². The van der Waals surface area contributed by atoms with Gasteiger partial charge >= 0.3 is 5.97 Å². The molecule has 12 heavy (non-hydrogen) atoms. The number of nitrogens with one attached hydrogen (secondary N) is 1. The normalized spacial score (nSPS) is 12.8. The summed E-state index contributed by atoms with van der Waals surface area (Å²) in [6.45, 7) is 4.71. The Bertz CT molecular complexity index is 130. The topological polar surface area (TPSA) is 49.3 Å². The maximum absolute atomic E-state index is 10.6. The molecule has 72 valence electrons. The summed E-state index contributed by atoms with van der Waals surface area (Å²) < 4.78 is 0. The molecule has 0 unspecified atom stereocenters. The summed E-state index contributed by atoms with van der Waals surface area (Å²) >= 11 is 1.78. The van der Waals surface area contributed by atoms with Crippen LogP contribution < -0.4 is 5.32 Å². The number of carboxylic acids is 1. The highest BCUT2D eigenvalue weighted by Crippen LogP contribution is 2.04. The van der Waals surface area contributed by atoms with Crippen LogP contribution in [0.15, 0.2) is 0 Å². The third-order valence-electron chi connectivity index (χ3n) is 1.50. The van der Waals surface area contributed by atoms with Gasteiger partial charge in [0.2, 0.25) is 0 Å². The molecular weight excluding hydrogens is 174 g/mol. The van der Waals surface area contributed by atoms with Gasteiger partial charge in [0.1, 0.15) is 6.04 Å². The van der Waals surface area contributed by atoms with E-state index in [4.69, 9.17) is 5.11 Å². The zero-order valence-electron chi connectivity index (χ0n) is 7.67. The van der Waals surface area contributed by atoms with Crippen molar-refractivity contribution in [3.63, 3.8) is 0 Å². The smallest absolute Gasteiger partial charge is 0.320 e. The van der Waals surface area contributed by atoms with Crippen LogP contribution in [0.2, 0.25) is 0 Å². The van der Waals surface area contributed by atoms with Crippen LogP contribution in [0, 0.1) is 0 Å². The van der Waals surface area contributed by atoms with Crippen molar-refractivity contribution in [3.05, 3.63) is 0 Å². The fourth-order valence-electron chi connectivity index (χ4n) is 0.905. The standard InChI is InChI=1S/C8H17NO2S/c1-3-9-7(8(10)11)5-6-12-4-2/h7,9H,3-6H2,1-2H3,(H,10,11)/t7-/m0/s1. The van der Waals surface area contributed by atoms with Crippen LogP contribution in [-0.4, -0.2) is 35.2 Å². The van der Waals surface area contributed by atoms with E-state index < -0.39 is 5.97 Å². The lowest BCUT2D eigenvalue weighted by Gasteiger charge is -2.11. The molecule has 0 saturated carbocycles. The molecule has 0 aliphatic heterocycles. The molecule has 0 rings (SSSR count). The first-order valence-corrected chi connectivity index (χ1v) is 5.41. The average molecular weight is 191 g/mol. The summed E-state index contributed by atoms with van der Waals surface area (Å²) in [5.41, 5.74) is 0. The average Bonchev–Trinajstić information content (AvgIpc) is 2.03. The number of likely N-dealkylation sites (N-methyl/N-ethyl adjacent to an activating group) is 1. The first-order chi connectivity index (χ1) is 5.72. The number of hydrogen-bond donors (Lipinski definition) is 2. The largest absolute Gasteiger partial charge is 0.480 e. The maximum atomic E-state index is 10.6. The Kier molecular flexibility index (Phi) is 7.29. The summed E-state index contributed by atoms with van der Waals surface area (Å²) in [6, 6.07) is -0.367. The molecule has 0 spiro atoms. The molecule has 0 aliphatic carbocycles. The lowest BCUT2D eigenvalue weighted by atomic mass is 10.2. The molecule has 1 atom stereocenters. The van der Waals surface area contributed by atoms with Gasteiger partial charge in [-0.3, -0.25) is 4.79 Å². The summed E-state index contributed by atoms with van der Waals surface area (Å²) in [6.07, 6.45) is 0.710. The molecule has 0 aromatic heterocycles. The molecular formula is C8H17NO2S. The lowest BCUT2D eigenvalue weighted by Crippen LogP contribution is -2.36. The molecule has 0 radical (unpaired) electrons. The SMILES string of the molecule is CCN[C@@H](CCSCC)C(=O)O. The van der Waals surface area contributed by atoms with Crippen molar-refractivity contribution >= 4 is 17.7 Å². The predicted octanol–water partition coefficient (Wildman–Crippen LogP) is 1.19. The zero-order valence-corrected chi connectivity index (χ0v) is 8.49. The highest BCUT2D eigenvalue weighted by atomic mass is 32.2. The zero-order chi connectivity index (χ0) is 9.40. The second kappa shape index (κ2) is 7.43. The van der Waals surface area contributed by atoms with E-state index in [-0.39, 0.29) is 6.04 Å². The molecule has 0 bridgehead atoms. The first kappa shape index (κ1) is 11.8. The summed E-state index contributed by atoms with van der Waals surface area (Å²) in [4.78, 5) is 10.6. The quantitative estimate of drug-likeness (QED) is 0.594. The van der Waals surface area contributed by atoms with Crippen LogP contribution >= 0.6 is 11.8 Å². The Morgan fingerprint density at radius 2 is 2.25 bits per heavy atom. The van der Waals surface area contributed by atoms with Crippen molar-refractivity contribution in [3.8, 4) is 0 Å². The Hall–Kier alpha value is -0.220. The third-order valence-corrected chi connectivity index (χ3v) is 2.44. The van der Waals surface area contributed by atoms with Crippen LogP contribution in [0.4, 0.5) is 0 Å². The monoisotopic (exact) mass is 191 g/mol. The number of carboxylic acid groups (broad SMARTS) is 1. The maximum Gasteiger partial charge on any atom is 0.320 e. The Morgan fingerprint density at radius 1 is 1.58 bits per heavy atom. The van der Waals surface area contributed by atoms with Gasteiger partial charge in [0.15, 0.2) is 0 Å². The molecule has 0 fully saturated rings. The number of thioether (sulfide) groups is 1. The van der Waals surface area contributed by atoms with E-state index in [0.29, 0.717) is 13.0 Å². The predicted molar refractivity (Wildman–Crippen MR) is 52.7 cm³/mol.